The number of hydrogen-bond acceptors (Lipinski definition) is 4. The van der Waals surface area contributed by atoms with Gasteiger partial charge in [-0.2, -0.15) is 13.2 Å². The van der Waals surface area contributed by atoms with E-state index in [0.29, 0.717) is 22.1 Å². The zero-order valence-corrected chi connectivity index (χ0v) is 20.4. The van der Waals surface area contributed by atoms with Crippen LogP contribution in [-0.2, 0) is 11.9 Å². The van der Waals surface area contributed by atoms with Crippen molar-refractivity contribution in [2.24, 2.45) is 0 Å². The third-order valence-corrected chi connectivity index (χ3v) is 7.30. The summed E-state index contributed by atoms with van der Waals surface area (Å²) in [5, 5.41) is 9.38. The van der Waals surface area contributed by atoms with E-state index >= 15 is 0 Å². The number of nitrogens with one attached hydrogen (secondary N) is 1. The first-order valence-corrected chi connectivity index (χ1v) is 12.2. The van der Waals surface area contributed by atoms with Gasteiger partial charge in [-0.05, 0) is 55.3 Å². The molecule has 4 rings (SSSR count). The van der Waals surface area contributed by atoms with E-state index in [4.69, 9.17) is 0 Å². The van der Waals surface area contributed by atoms with Crippen LogP contribution in [0.5, 0.6) is 0 Å². The fourth-order valence-electron chi connectivity index (χ4n) is 3.45. The van der Waals surface area contributed by atoms with Crippen LogP contribution in [0.3, 0.4) is 0 Å². The molecule has 0 atom stereocenters. The van der Waals surface area contributed by atoms with Gasteiger partial charge in [0.1, 0.15) is 5.52 Å². The molecule has 0 spiro atoms. The monoisotopic (exact) mass is 525 g/mol. The van der Waals surface area contributed by atoms with Gasteiger partial charge >= 0.3 is 18.1 Å². The van der Waals surface area contributed by atoms with Gasteiger partial charge in [-0.3, -0.25) is 0 Å². The maximum atomic E-state index is 13.1. The molecule has 178 valence electrons. The summed E-state index contributed by atoms with van der Waals surface area (Å²) >= 11 is 0. The first-order valence-electron chi connectivity index (χ1n) is 9.84. The summed E-state index contributed by atoms with van der Waals surface area (Å²) < 4.78 is 41.1. The van der Waals surface area contributed by atoms with Crippen LogP contribution in [0, 0.1) is 13.8 Å². The standard InChI is InChI=1S/C23H18F3N3O2S2.ClH/c1-13-9-14(2)19(12-32-33-20-6-4-3-5-16(20)21(30)31)29(11-13)22-27-17-8-7-15(23(24,25)26)10-18(17)28-22;/h3-11H,12H2,1-2H3,(H-,27,28,30,31);1H. The molecule has 5 nitrogen and oxygen atoms in total. The van der Waals surface area contributed by atoms with Crippen molar-refractivity contribution in [3.8, 4) is 5.95 Å². The lowest BCUT2D eigenvalue weighted by molar-refractivity contribution is -0.611. The van der Waals surface area contributed by atoms with Gasteiger partial charge in [-0.15, -0.1) is 0 Å². The van der Waals surface area contributed by atoms with E-state index in [2.05, 4.69) is 9.97 Å². The van der Waals surface area contributed by atoms with Gasteiger partial charge in [0.05, 0.1) is 28.8 Å². The van der Waals surface area contributed by atoms with Crippen molar-refractivity contribution in [2.75, 3.05) is 0 Å². The van der Waals surface area contributed by atoms with E-state index in [1.807, 2.05) is 30.7 Å². The van der Waals surface area contributed by atoms with Crippen LogP contribution < -0.4 is 17.0 Å². The number of carboxylic acids is 1. The number of carbonyl (C=O) groups is 1. The Bertz CT molecular complexity index is 1360. The number of pyridine rings is 1. The van der Waals surface area contributed by atoms with Crippen molar-refractivity contribution in [1.29, 1.82) is 0 Å². The maximum Gasteiger partial charge on any atom is 0.416 e. The predicted molar refractivity (Wildman–Crippen MR) is 123 cm³/mol. The fraction of sp³-hybridized carbons (Fsp3) is 0.174. The number of aryl methyl sites for hydroxylation is 2. The number of aromatic carboxylic acids is 1. The Morgan fingerprint density at radius 1 is 1.15 bits per heavy atom. The summed E-state index contributed by atoms with van der Waals surface area (Å²) in [7, 11) is 2.84. The van der Waals surface area contributed by atoms with Crippen LogP contribution in [0.1, 0.15) is 32.7 Å². The Labute approximate surface area is 207 Å². The molecule has 0 fully saturated rings. The number of alkyl halides is 3. The van der Waals surface area contributed by atoms with Crippen LogP contribution in [0.15, 0.2) is 59.6 Å². The minimum atomic E-state index is -4.44. The van der Waals surface area contributed by atoms with E-state index in [1.54, 1.807) is 24.3 Å². The molecule has 2 heterocycles. The normalized spacial score (nSPS) is 11.4. The van der Waals surface area contributed by atoms with E-state index in [1.165, 1.54) is 27.7 Å². The van der Waals surface area contributed by atoms with Gasteiger partial charge < -0.3 is 17.5 Å². The number of carboxylic acid groups (broad SMARTS) is 1. The molecule has 0 bridgehead atoms. The van der Waals surface area contributed by atoms with Crippen LogP contribution in [0.25, 0.3) is 17.0 Å². The number of imidazole rings is 1. The Balaban J connectivity index is 0.00000324. The number of H-pyrrole nitrogens is 1. The van der Waals surface area contributed by atoms with Gasteiger partial charge in [0.25, 0.3) is 0 Å². The molecule has 0 saturated heterocycles. The first-order chi connectivity index (χ1) is 15.6. The molecule has 11 heteroatoms. The first kappa shape index (κ1) is 25.9. The van der Waals surface area contributed by atoms with Crippen LogP contribution in [0.2, 0.25) is 0 Å². The topological polar surface area (TPSA) is 69.9 Å². The predicted octanol–water partition coefficient (Wildman–Crippen LogP) is 3.12. The van der Waals surface area contributed by atoms with Crippen molar-refractivity contribution in [3.05, 3.63) is 82.7 Å². The number of nitrogens with zero attached hydrogens (tertiary/aromatic N) is 2. The molecular weight excluding hydrogens is 507 g/mol. The Hall–Kier alpha value is -2.69. The molecule has 2 aromatic carbocycles. The molecule has 2 aromatic heterocycles. The van der Waals surface area contributed by atoms with Crippen LogP contribution in [-0.4, -0.2) is 21.0 Å². The highest BCUT2D eigenvalue weighted by Gasteiger charge is 2.32. The average molecular weight is 526 g/mol. The number of halogens is 4. The van der Waals surface area contributed by atoms with Crippen LogP contribution in [0.4, 0.5) is 13.2 Å². The molecule has 0 aliphatic carbocycles. The zero-order valence-electron chi connectivity index (χ0n) is 18.0. The number of aromatic amines is 1. The molecule has 0 unspecified atom stereocenters. The molecule has 0 radical (unpaired) electrons. The highest BCUT2D eigenvalue weighted by molar-refractivity contribution is 8.76. The number of hydrogen-bond donors (Lipinski definition) is 2. The van der Waals surface area contributed by atoms with Gasteiger partial charge in [0.2, 0.25) is 0 Å². The maximum absolute atomic E-state index is 13.1. The summed E-state index contributed by atoms with van der Waals surface area (Å²) in [6, 6.07) is 12.3. The Kier molecular flexibility index (Phi) is 7.84. The summed E-state index contributed by atoms with van der Waals surface area (Å²) in [4.78, 5) is 19.6. The van der Waals surface area contributed by atoms with E-state index in [9.17, 15) is 23.1 Å². The number of fused-ring (bicyclic) bond motifs is 1. The van der Waals surface area contributed by atoms with Gasteiger partial charge in [0.15, 0.2) is 5.52 Å². The van der Waals surface area contributed by atoms with E-state index < -0.39 is 17.7 Å². The number of benzene rings is 2. The second-order valence-corrected chi connectivity index (χ2v) is 9.79. The van der Waals surface area contributed by atoms with Gasteiger partial charge in [-0.1, -0.05) is 44.8 Å². The van der Waals surface area contributed by atoms with Crippen molar-refractivity contribution in [2.45, 2.75) is 30.7 Å². The summed E-state index contributed by atoms with van der Waals surface area (Å²) in [6.07, 6.45) is -2.56. The second kappa shape index (κ2) is 10.3. The second-order valence-electron chi connectivity index (χ2n) is 7.45. The Morgan fingerprint density at radius 2 is 1.88 bits per heavy atom. The fourth-order valence-corrected chi connectivity index (χ4v) is 5.83. The molecule has 4 aromatic rings. The van der Waals surface area contributed by atoms with Crippen molar-refractivity contribution < 1.29 is 40.0 Å². The van der Waals surface area contributed by atoms with Crippen LogP contribution >= 0.6 is 21.6 Å². The molecule has 0 aliphatic rings. The van der Waals surface area contributed by atoms with Gasteiger partial charge in [-0.25, -0.2) is 14.3 Å². The smallest absolute Gasteiger partial charge is 0.416 e. The van der Waals surface area contributed by atoms with E-state index in [0.717, 1.165) is 29.0 Å². The quantitative estimate of drug-likeness (QED) is 0.299. The lowest BCUT2D eigenvalue weighted by atomic mass is 10.2. The van der Waals surface area contributed by atoms with Gasteiger partial charge in [0, 0.05) is 4.90 Å². The highest BCUT2D eigenvalue weighted by Crippen LogP contribution is 2.36. The minimum Gasteiger partial charge on any atom is -1.00 e. The lowest BCUT2D eigenvalue weighted by Crippen LogP contribution is -3.00. The molecule has 2 N–H and O–H groups in total. The zero-order chi connectivity index (χ0) is 23.8. The molecule has 0 aliphatic heterocycles. The SMILES string of the molecule is Cc1cc(C)c(CSSc2ccccc2C(=O)O)[n+](-c2nc3cc(C(F)(F)F)ccc3[nH]2)c1.[Cl-]. The molecule has 0 saturated carbocycles. The number of aromatic nitrogens is 3. The largest absolute Gasteiger partial charge is 1.00 e. The lowest BCUT2D eigenvalue weighted by Gasteiger charge is -2.10. The van der Waals surface area contributed by atoms with Crippen molar-refractivity contribution in [3.63, 3.8) is 0 Å². The summed E-state index contributed by atoms with van der Waals surface area (Å²) in [5.41, 5.74) is 3.10. The molecular formula is C23H19ClF3N3O2S2. The van der Waals surface area contributed by atoms with Crippen molar-refractivity contribution in [1.82, 2.24) is 9.97 Å². The third kappa shape index (κ3) is 5.51. The highest BCUT2D eigenvalue weighted by atomic mass is 35.5. The van der Waals surface area contributed by atoms with E-state index in [-0.39, 0.29) is 23.5 Å². The summed E-state index contributed by atoms with van der Waals surface area (Å²) in [5.74, 6) is -0.0429. The Morgan fingerprint density at radius 3 is 2.59 bits per heavy atom. The van der Waals surface area contributed by atoms with Crippen molar-refractivity contribution >= 4 is 38.6 Å². The number of rotatable bonds is 6. The minimum absolute atomic E-state index is 0. The average Bonchev–Trinajstić information content (AvgIpc) is 3.18. The molecule has 34 heavy (non-hydrogen) atoms. The summed E-state index contributed by atoms with van der Waals surface area (Å²) in [6.45, 7) is 3.89. The molecule has 0 amide bonds. The third-order valence-electron chi connectivity index (χ3n) is 5.01.